The van der Waals surface area contributed by atoms with Crippen molar-refractivity contribution in [3.05, 3.63) is 35.4 Å². The monoisotopic (exact) mass is 343 g/mol. The van der Waals surface area contributed by atoms with E-state index in [0.29, 0.717) is 0 Å². The second-order valence-corrected chi connectivity index (χ2v) is 5.30. The van der Waals surface area contributed by atoms with E-state index in [2.05, 4.69) is 0 Å². The van der Waals surface area contributed by atoms with Gasteiger partial charge in [0.15, 0.2) is 6.10 Å². The third kappa shape index (κ3) is 4.82. The lowest BCUT2D eigenvalue weighted by Crippen LogP contribution is -2.46. The molecule has 2 rings (SSSR count). The maximum Gasteiger partial charge on any atom is 0.416 e. The molecule has 0 spiro atoms. The summed E-state index contributed by atoms with van der Waals surface area (Å²) in [4.78, 5) is 1.33. The maximum atomic E-state index is 12.7. The molecule has 0 bridgehead atoms. The van der Waals surface area contributed by atoms with Crippen LogP contribution in [-0.2, 0) is 10.9 Å². The highest BCUT2D eigenvalue weighted by Crippen LogP contribution is 2.32. The minimum Gasteiger partial charge on any atom is -0.382 e. The molecule has 1 aromatic rings. The fraction of sp³-hybridized carbons (Fsp3) is 0.571. The van der Waals surface area contributed by atoms with E-state index in [4.69, 9.17) is 9.84 Å². The van der Waals surface area contributed by atoms with E-state index in [1.807, 2.05) is 0 Å². The van der Waals surface area contributed by atoms with Gasteiger partial charge in [-0.15, -0.1) is 0 Å². The van der Waals surface area contributed by atoms with Crippen molar-refractivity contribution in [1.82, 2.24) is 4.90 Å². The van der Waals surface area contributed by atoms with Crippen molar-refractivity contribution in [3.8, 4) is 0 Å². The number of morpholine rings is 1. The van der Waals surface area contributed by atoms with Crippen LogP contribution in [0.2, 0.25) is 0 Å². The van der Waals surface area contributed by atoms with Gasteiger partial charge in [0.1, 0.15) is 0 Å². The first kappa shape index (κ1) is 18.0. The molecule has 1 unspecified atom stereocenters. The molecule has 130 valence electrons. The Bertz CT molecular complexity index is 531. The molecular weight excluding hydrogens is 328 g/mol. The average molecular weight is 343 g/mol. The van der Waals surface area contributed by atoms with Gasteiger partial charge in [-0.1, -0.05) is 12.1 Å². The summed E-state index contributed by atoms with van der Waals surface area (Å²) in [7, 11) is 0. The van der Waals surface area contributed by atoms with Crippen molar-refractivity contribution < 1.29 is 36.2 Å². The van der Waals surface area contributed by atoms with Gasteiger partial charge in [-0.2, -0.15) is 26.3 Å². The van der Waals surface area contributed by atoms with E-state index < -0.39 is 36.7 Å². The first-order chi connectivity index (χ1) is 10.6. The van der Waals surface area contributed by atoms with Crippen molar-refractivity contribution in [2.75, 3.05) is 26.2 Å². The van der Waals surface area contributed by atoms with Crippen LogP contribution in [0.4, 0.5) is 26.3 Å². The second-order valence-electron chi connectivity index (χ2n) is 5.30. The molecular formula is C14H15F6NO2. The number of β-amino-alcohol motifs (C(OH)–C–C–N with tert-alkyl or cyclic N) is 1. The summed E-state index contributed by atoms with van der Waals surface area (Å²) in [6.45, 7) is -0.412. The number of rotatable bonds is 3. The van der Waals surface area contributed by atoms with Crippen molar-refractivity contribution in [3.63, 3.8) is 0 Å². The van der Waals surface area contributed by atoms with Crippen LogP contribution in [-0.4, -0.2) is 48.5 Å². The lowest BCUT2D eigenvalue weighted by atomic mass is 10.0. The van der Waals surface area contributed by atoms with Crippen LogP contribution in [0.25, 0.3) is 0 Å². The van der Waals surface area contributed by atoms with Crippen molar-refractivity contribution in [2.24, 2.45) is 0 Å². The molecule has 3 nitrogen and oxygen atoms in total. The quantitative estimate of drug-likeness (QED) is 0.857. The van der Waals surface area contributed by atoms with Crippen LogP contribution >= 0.6 is 0 Å². The molecule has 0 saturated carbocycles. The number of alkyl halides is 6. The highest BCUT2D eigenvalue weighted by atomic mass is 19.4. The Morgan fingerprint density at radius 3 is 2.52 bits per heavy atom. The molecule has 0 aromatic heterocycles. The molecule has 1 heterocycles. The Morgan fingerprint density at radius 2 is 1.91 bits per heavy atom. The van der Waals surface area contributed by atoms with E-state index in [0.717, 1.165) is 12.1 Å². The van der Waals surface area contributed by atoms with Gasteiger partial charge >= 0.3 is 12.4 Å². The van der Waals surface area contributed by atoms with E-state index >= 15 is 0 Å². The van der Waals surface area contributed by atoms with Crippen LogP contribution in [0.15, 0.2) is 24.3 Å². The summed E-state index contributed by atoms with van der Waals surface area (Å²) in [5.41, 5.74) is -0.600. The number of nitrogens with zero attached hydrogens (tertiary/aromatic N) is 1. The van der Waals surface area contributed by atoms with Gasteiger partial charge in [0.25, 0.3) is 0 Å². The minimum absolute atomic E-state index is 0.0194. The molecule has 1 fully saturated rings. The van der Waals surface area contributed by atoms with E-state index in [-0.39, 0.29) is 25.3 Å². The van der Waals surface area contributed by atoms with Gasteiger partial charge in [-0.3, -0.25) is 4.90 Å². The average Bonchev–Trinajstić information content (AvgIpc) is 2.46. The molecule has 1 aliphatic heterocycles. The zero-order chi connectivity index (χ0) is 17.3. The summed E-state index contributed by atoms with van der Waals surface area (Å²) in [5.74, 6) is 0. The Morgan fingerprint density at radius 1 is 1.22 bits per heavy atom. The lowest BCUT2D eigenvalue weighted by Gasteiger charge is -2.34. The molecule has 0 radical (unpaired) electrons. The van der Waals surface area contributed by atoms with Crippen LogP contribution in [0, 0.1) is 0 Å². The summed E-state index contributed by atoms with van der Waals surface area (Å²) in [5, 5.41) is 9.09. The van der Waals surface area contributed by atoms with Gasteiger partial charge in [-0.05, 0) is 17.7 Å². The normalized spacial score (nSPS) is 22.1. The third-order valence-corrected chi connectivity index (χ3v) is 3.55. The number of benzene rings is 1. The number of halogens is 6. The topological polar surface area (TPSA) is 32.7 Å². The van der Waals surface area contributed by atoms with Crippen LogP contribution in [0.1, 0.15) is 17.2 Å². The molecule has 1 aliphatic rings. The van der Waals surface area contributed by atoms with E-state index in [1.165, 1.54) is 17.0 Å². The first-order valence-corrected chi connectivity index (χ1v) is 6.83. The number of aliphatic hydroxyl groups excluding tert-OH is 1. The Kier molecular flexibility index (Phi) is 5.22. The summed E-state index contributed by atoms with van der Waals surface area (Å²) >= 11 is 0. The Labute approximate surface area is 128 Å². The fourth-order valence-electron chi connectivity index (χ4n) is 2.33. The van der Waals surface area contributed by atoms with Crippen molar-refractivity contribution in [2.45, 2.75) is 24.6 Å². The third-order valence-electron chi connectivity index (χ3n) is 3.55. The second kappa shape index (κ2) is 6.66. The van der Waals surface area contributed by atoms with Crippen molar-refractivity contribution in [1.29, 1.82) is 0 Å². The Hall–Kier alpha value is -1.32. The molecule has 1 aromatic carbocycles. The molecule has 0 aliphatic carbocycles. The highest BCUT2D eigenvalue weighted by Gasteiger charge is 2.40. The minimum atomic E-state index is -4.73. The van der Waals surface area contributed by atoms with Crippen LogP contribution < -0.4 is 0 Å². The Balaban J connectivity index is 2.07. The van der Waals surface area contributed by atoms with Gasteiger partial charge in [-0.25, -0.2) is 0 Å². The molecule has 0 amide bonds. The SMILES string of the molecule is OC(CN1CCO[C@@H](c2cccc(C(F)(F)F)c2)C1)C(F)(F)F. The number of ether oxygens (including phenoxy) is 1. The molecule has 23 heavy (non-hydrogen) atoms. The summed E-state index contributed by atoms with van der Waals surface area (Å²) < 4.78 is 80.6. The number of hydrogen-bond donors (Lipinski definition) is 1. The van der Waals surface area contributed by atoms with Gasteiger partial charge in [0.05, 0.1) is 18.3 Å². The van der Waals surface area contributed by atoms with E-state index in [9.17, 15) is 26.3 Å². The predicted molar refractivity (Wildman–Crippen MR) is 68.6 cm³/mol. The van der Waals surface area contributed by atoms with Crippen LogP contribution in [0.5, 0.6) is 0 Å². The van der Waals surface area contributed by atoms with Crippen LogP contribution in [0.3, 0.4) is 0 Å². The zero-order valence-corrected chi connectivity index (χ0v) is 11.9. The molecule has 1 N–H and O–H groups in total. The zero-order valence-electron chi connectivity index (χ0n) is 11.9. The summed E-state index contributed by atoms with van der Waals surface area (Å²) in [6, 6.07) is 4.50. The number of aliphatic hydroxyl groups is 1. The fourth-order valence-corrected chi connectivity index (χ4v) is 2.33. The lowest BCUT2D eigenvalue weighted by molar-refractivity contribution is -0.211. The van der Waals surface area contributed by atoms with Gasteiger partial charge in [0.2, 0.25) is 0 Å². The number of hydrogen-bond acceptors (Lipinski definition) is 3. The van der Waals surface area contributed by atoms with Gasteiger partial charge < -0.3 is 9.84 Å². The maximum absolute atomic E-state index is 12.7. The highest BCUT2D eigenvalue weighted by molar-refractivity contribution is 5.27. The smallest absolute Gasteiger partial charge is 0.382 e. The standard InChI is InChI=1S/C14H15F6NO2/c15-13(16,17)10-3-1-2-9(6-10)11-7-21(4-5-23-11)8-12(22)14(18,19)20/h1-3,6,11-12,22H,4-5,7-8H2/t11-,12?/m1/s1. The largest absolute Gasteiger partial charge is 0.416 e. The van der Waals surface area contributed by atoms with E-state index in [1.54, 1.807) is 0 Å². The predicted octanol–water partition coefficient (Wildman–Crippen LogP) is 3.00. The summed E-state index contributed by atoms with van der Waals surface area (Å²) in [6.07, 6.45) is -12.5. The van der Waals surface area contributed by atoms with Crippen molar-refractivity contribution >= 4 is 0 Å². The molecule has 1 saturated heterocycles. The van der Waals surface area contributed by atoms with Gasteiger partial charge in [0, 0.05) is 19.6 Å². The molecule has 2 atom stereocenters. The first-order valence-electron chi connectivity index (χ1n) is 6.83. The molecule has 9 heteroatoms.